The molecule has 0 fully saturated rings. The Morgan fingerprint density at radius 2 is 1.29 bits per heavy atom. The van der Waals surface area contributed by atoms with Crippen LogP contribution in [-0.4, -0.2) is 4.98 Å². The zero-order chi connectivity index (χ0) is 22.7. The number of benzene rings is 4. The summed E-state index contributed by atoms with van der Waals surface area (Å²) in [5.41, 5.74) is 21.4. The molecule has 0 unspecified atom stereocenters. The van der Waals surface area contributed by atoms with Crippen LogP contribution < -0.4 is 4.90 Å². The predicted octanol–water partition coefficient (Wildman–Crippen LogP) is 7.50. The SMILES string of the molecule is c1ccc2c(c1)Cc1cc3c(cc1-2)Cc1cc2c4c(c1-3)Cc1ccccc1N4c1cnccc1C2. The summed E-state index contributed by atoms with van der Waals surface area (Å²) in [4.78, 5) is 7.02. The molecule has 4 aromatic carbocycles. The van der Waals surface area contributed by atoms with Gasteiger partial charge in [0.2, 0.25) is 0 Å². The highest BCUT2D eigenvalue weighted by Gasteiger charge is 2.36. The maximum atomic E-state index is 4.52. The van der Waals surface area contributed by atoms with Gasteiger partial charge >= 0.3 is 0 Å². The third kappa shape index (κ3) is 2.27. The zero-order valence-corrected chi connectivity index (χ0v) is 19.3. The smallest absolute Gasteiger partial charge is 0.0680 e. The van der Waals surface area contributed by atoms with E-state index in [4.69, 9.17) is 0 Å². The minimum Gasteiger partial charge on any atom is -0.308 e. The summed E-state index contributed by atoms with van der Waals surface area (Å²) in [7, 11) is 0. The van der Waals surface area contributed by atoms with E-state index in [1.165, 1.54) is 83.8 Å². The number of fused-ring (bicyclic) bond motifs is 11. The van der Waals surface area contributed by atoms with Gasteiger partial charge in [-0.15, -0.1) is 0 Å². The molecule has 1 aromatic heterocycles. The van der Waals surface area contributed by atoms with E-state index in [-0.39, 0.29) is 0 Å². The Bertz CT molecular complexity index is 1750. The van der Waals surface area contributed by atoms with Gasteiger partial charge in [-0.3, -0.25) is 4.98 Å². The van der Waals surface area contributed by atoms with Gasteiger partial charge in [0.25, 0.3) is 0 Å². The second-order valence-electron chi connectivity index (χ2n) is 10.4. The van der Waals surface area contributed by atoms with Crippen molar-refractivity contribution >= 4 is 17.1 Å². The van der Waals surface area contributed by atoms with Gasteiger partial charge in [0.05, 0.1) is 17.6 Å². The molecule has 0 bridgehead atoms. The Kier molecular flexibility index (Phi) is 3.27. The van der Waals surface area contributed by atoms with Crippen molar-refractivity contribution in [2.75, 3.05) is 4.90 Å². The average Bonchev–Trinajstić information content (AvgIpc) is 3.44. The van der Waals surface area contributed by atoms with E-state index < -0.39 is 0 Å². The number of para-hydroxylation sites is 1. The van der Waals surface area contributed by atoms with Gasteiger partial charge < -0.3 is 4.90 Å². The second kappa shape index (κ2) is 6.28. The first kappa shape index (κ1) is 18.2. The molecule has 5 aromatic rings. The first-order valence-corrected chi connectivity index (χ1v) is 12.6. The molecule has 2 aliphatic heterocycles. The summed E-state index contributed by atoms with van der Waals surface area (Å²) in [5.74, 6) is 0. The van der Waals surface area contributed by atoms with Gasteiger partial charge in [-0.2, -0.15) is 0 Å². The van der Waals surface area contributed by atoms with Crippen LogP contribution in [0.1, 0.15) is 44.5 Å². The van der Waals surface area contributed by atoms with Crippen molar-refractivity contribution in [3.63, 3.8) is 0 Å². The molecule has 0 N–H and O–H groups in total. The number of pyridine rings is 1. The summed E-state index contributed by atoms with van der Waals surface area (Å²) < 4.78 is 0. The van der Waals surface area contributed by atoms with E-state index in [2.05, 4.69) is 88.9 Å². The molecule has 0 amide bonds. The molecule has 2 nitrogen and oxygen atoms in total. The molecule has 9 rings (SSSR count). The molecule has 3 heterocycles. The number of hydrogen-bond acceptors (Lipinski definition) is 2. The quantitative estimate of drug-likeness (QED) is 0.240. The van der Waals surface area contributed by atoms with Crippen molar-refractivity contribution in [2.24, 2.45) is 0 Å². The third-order valence-electron chi connectivity index (χ3n) is 8.56. The maximum Gasteiger partial charge on any atom is 0.0680 e. The molecule has 0 saturated carbocycles. The van der Waals surface area contributed by atoms with Gasteiger partial charge in [-0.1, -0.05) is 48.5 Å². The van der Waals surface area contributed by atoms with Crippen LogP contribution in [0.25, 0.3) is 22.3 Å². The molecule has 164 valence electrons. The van der Waals surface area contributed by atoms with Crippen molar-refractivity contribution < 1.29 is 0 Å². The van der Waals surface area contributed by atoms with Crippen molar-refractivity contribution in [2.45, 2.75) is 25.7 Å². The molecule has 0 saturated heterocycles. The summed E-state index contributed by atoms with van der Waals surface area (Å²) in [5, 5.41) is 0. The average molecular weight is 447 g/mol. The monoisotopic (exact) mass is 446 g/mol. The lowest BCUT2D eigenvalue weighted by atomic mass is 9.82. The molecule has 4 aliphatic rings. The number of anilines is 3. The van der Waals surface area contributed by atoms with E-state index in [0.29, 0.717) is 0 Å². The van der Waals surface area contributed by atoms with Crippen LogP contribution in [0.15, 0.2) is 85.2 Å². The highest BCUT2D eigenvalue weighted by Crippen LogP contribution is 2.55. The van der Waals surface area contributed by atoms with Crippen LogP contribution in [0, 0.1) is 0 Å². The van der Waals surface area contributed by atoms with Crippen molar-refractivity contribution in [1.29, 1.82) is 0 Å². The van der Waals surface area contributed by atoms with Gasteiger partial charge in [0.15, 0.2) is 0 Å². The Balaban J connectivity index is 1.31. The lowest BCUT2D eigenvalue weighted by Gasteiger charge is -2.40. The number of hydrogen-bond donors (Lipinski definition) is 0. The van der Waals surface area contributed by atoms with Crippen LogP contribution in [0.3, 0.4) is 0 Å². The topological polar surface area (TPSA) is 16.1 Å². The van der Waals surface area contributed by atoms with E-state index in [9.17, 15) is 0 Å². The second-order valence-corrected chi connectivity index (χ2v) is 10.4. The maximum absolute atomic E-state index is 4.52. The summed E-state index contributed by atoms with van der Waals surface area (Å²) in [6.07, 6.45) is 8.03. The fraction of sp³-hybridized carbons (Fsp3) is 0.121. The summed E-state index contributed by atoms with van der Waals surface area (Å²) in [6, 6.07) is 27.6. The zero-order valence-electron chi connectivity index (χ0n) is 19.3. The number of rotatable bonds is 0. The Morgan fingerprint density at radius 3 is 2.26 bits per heavy atom. The van der Waals surface area contributed by atoms with Crippen LogP contribution in [0.5, 0.6) is 0 Å². The summed E-state index contributed by atoms with van der Waals surface area (Å²) >= 11 is 0. The highest BCUT2D eigenvalue weighted by molar-refractivity contribution is 5.96. The normalized spacial score (nSPS) is 14.9. The minimum atomic E-state index is 0.979. The minimum absolute atomic E-state index is 0.979. The largest absolute Gasteiger partial charge is 0.308 e. The number of aromatic nitrogens is 1. The van der Waals surface area contributed by atoms with Crippen LogP contribution >= 0.6 is 0 Å². The fourth-order valence-electron chi connectivity index (χ4n) is 7.14. The van der Waals surface area contributed by atoms with Gasteiger partial charge in [-0.05, 0) is 104 Å². The Hall–Kier alpha value is -4.17. The lowest BCUT2D eigenvalue weighted by Crippen LogP contribution is -2.25. The number of nitrogens with zero attached hydrogens (tertiary/aromatic N) is 2. The molecule has 0 spiro atoms. The molecule has 2 aliphatic carbocycles. The molecular weight excluding hydrogens is 424 g/mol. The van der Waals surface area contributed by atoms with Crippen molar-refractivity contribution in [3.05, 3.63) is 130 Å². The first-order valence-electron chi connectivity index (χ1n) is 12.6. The van der Waals surface area contributed by atoms with Crippen LogP contribution in [0.4, 0.5) is 17.1 Å². The fourth-order valence-corrected chi connectivity index (χ4v) is 7.14. The highest BCUT2D eigenvalue weighted by atomic mass is 15.2. The van der Waals surface area contributed by atoms with Gasteiger partial charge in [0, 0.05) is 24.7 Å². The van der Waals surface area contributed by atoms with Gasteiger partial charge in [0.1, 0.15) is 0 Å². The molecule has 0 atom stereocenters. The summed E-state index contributed by atoms with van der Waals surface area (Å²) in [6.45, 7) is 0. The first-order chi connectivity index (χ1) is 17.3. The standard InChI is InChI=1S/C33H22N2/c1-3-7-26-19(5-1)11-22-17-28-23(16-27(22)26)13-24-14-25-12-21-9-10-34-18-31(21)35-30-8-4-2-6-20(30)15-29(32(24)28)33(25)35/h1-10,14,16-18H,11-13,15H2. The van der Waals surface area contributed by atoms with E-state index >= 15 is 0 Å². The lowest BCUT2D eigenvalue weighted by molar-refractivity contribution is 0.998. The van der Waals surface area contributed by atoms with E-state index in [1.807, 2.05) is 6.20 Å². The molecule has 35 heavy (non-hydrogen) atoms. The Labute approximate surface area is 204 Å². The van der Waals surface area contributed by atoms with Crippen LogP contribution in [0.2, 0.25) is 0 Å². The Morgan fingerprint density at radius 1 is 0.543 bits per heavy atom. The molecule has 2 heteroatoms. The third-order valence-corrected chi connectivity index (χ3v) is 8.56. The van der Waals surface area contributed by atoms with Gasteiger partial charge in [-0.25, -0.2) is 0 Å². The molecular formula is C33H22N2. The van der Waals surface area contributed by atoms with Crippen molar-refractivity contribution in [1.82, 2.24) is 4.98 Å². The van der Waals surface area contributed by atoms with E-state index in [0.717, 1.165) is 25.7 Å². The van der Waals surface area contributed by atoms with Crippen molar-refractivity contribution in [3.8, 4) is 22.3 Å². The predicted molar refractivity (Wildman–Crippen MR) is 141 cm³/mol. The van der Waals surface area contributed by atoms with Crippen LogP contribution in [-0.2, 0) is 25.7 Å². The van der Waals surface area contributed by atoms with E-state index in [1.54, 1.807) is 0 Å². The molecule has 0 radical (unpaired) electrons.